The van der Waals surface area contributed by atoms with E-state index in [1.54, 1.807) is 30.3 Å². The van der Waals surface area contributed by atoms with Crippen LogP contribution in [0.1, 0.15) is 18.1 Å². The lowest BCUT2D eigenvalue weighted by Crippen LogP contribution is -2.27. The van der Waals surface area contributed by atoms with Gasteiger partial charge in [0, 0.05) is 9.50 Å². The molecule has 0 saturated carbocycles. The van der Waals surface area contributed by atoms with Crippen LogP contribution >= 0.6 is 61.9 Å². The van der Waals surface area contributed by atoms with Gasteiger partial charge < -0.3 is 9.47 Å². The third-order valence-corrected chi connectivity index (χ3v) is 7.22. The van der Waals surface area contributed by atoms with Gasteiger partial charge in [-0.2, -0.15) is 0 Å². The lowest BCUT2D eigenvalue weighted by atomic mass is 10.1. The fraction of sp³-hybridized carbons (Fsp3) is 0.120. The van der Waals surface area contributed by atoms with E-state index in [0.717, 1.165) is 35.8 Å². The zero-order valence-electron chi connectivity index (χ0n) is 17.9. The van der Waals surface area contributed by atoms with Crippen LogP contribution in [-0.2, 0) is 11.4 Å². The zero-order chi connectivity index (χ0) is 24.2. The van der Waals surface area contributed by atoms with E-state index in [0.29, 0.717) is 40.3 Å². The average Bonchev–Trinajstić information content (AvgIpc) is 3.07. The summed E-state index contributed by atoms with van der Waals surface area (Å²) in [7, 11) is 0. The van der Waals surface area contributed by atoms with E-state index in [4.69, 9.17) is 21.1 Å². The van der Waals surface area contributed by atoms with Crippen molar-refractivity contribution < 1.29 is 19.1 Å². The average molecular weight is 671 g/mol. The summed E-state index contributed by atoms with van der Waals surface area (Å²) >= 11 is 12.5. The fourth-order valence-electron chi connectivity index (χ4n) is 3.27. The van der Waals surface area contributed by atoms with Gasteiger partial charge >= 0.3 is 0 Å². The number of hydrogen-bond acceptors (Lipinski definition) is 5. The van der Waals surface area contributed by atoms with Gasteiger partial charge in [0.25, 0.3) is 11.1 Å². The number of benzene rings is 3. The molecule has 1 aliphatic heterocycles. The van der Waals surface area contributed by atoms with Gasteiger partial charge in [0.2, 0.25) is 0 Å². The summed E-state index contributed by atoms with van der Waals surface area (Å²) in [5.41, 5.74) is 2.21. The molecule has 0 radical (unpaired) electrons. The van der Waals surface area contributed by atoms with Gasteiger partial charge in [-0.05, 0) is 101 Å². The molecule has 0 atom stereocenters. The normalized spacial score (nSPS) is 14.7. The largest absolute Gasteiger partial charge is 0.490 e. The second-order valence-corrected chi connectivity index (χ2v) is 10.7. The van der Waals surface area contributed by atoms with E-state index in [1.165, 1.54) is 0 Å². The highest BCUT2D eigenvalue weighted by Gasteiger charge is 2.36. The molecule has 1 saturated heterocycles. The molecule has 9 heteroatoms. The summed E-state index contributed by atoms with van der Waals surface area (Å²) in [5, 5.41) is 0.0860. The number of imide groups is 1. The summed E-state index contributed by atoms with van der Waals surface area (Å²) < 4.78 is 13.8. The van der Waals surface area contributed by atoms with Crippen molar-refractivity contribution in [1.29, 1.82) is 0 Å². The molecule has 0 aromatic heterocycles. The quantitative estimate of drug-likeness (QED) is 0.189. The molecule has 0 spiro atoms. The van der Waals surface area contributed by atoms with Gasteiger partial charge in [-0.1, -0.05) is 45.7 Å². The number of ether oxygens (including phenoxy) is 2. The third kappa shape index (κ3) is 5.79. The molecule has 4 rings (SSSR count). The van der Waals surface area contributed by atoms with E-state index in [9.17, 15) is 9.59 Å². The Kier molecular flexibility index (Phi) is 8.23. The number of carbonyl (C=O) groups is 2. The molecule has 1 fully saturated rings. The SMILES string of the molecule is CCOc1cc(/C=C2/SC(=O)N(c3cccc(Cl)c3)C2=O)cc(I)c1OCc1ccc(Br)cc1. The van der Waals surface area contributed by atoms with Crippen molar-refractivity contribution in [1.82, 2.24) is 0 Å². The third-order valence-electron chi connectivity index (χ3n) is 4.79. The maximum atomic E-state index is 13.0. The molecule has 174 valence electrons. The van der Waals surface area contributed by atoms with E-state index >= 15 is 0 Å². The summed E-state index contributed by atoms with van der Waals surface area (Å²) in [6.45, 7) is 2.75. The van der Waals surface area contributed by atoms with E-state index in [2.05, 4.69) is 38.5 Å². The summed E-state index contributed by atoms with van der Waals surface area (Å²) in [6.07, 6.45) is 1.69. The first-order chi connectivity index (χ1) is 16.4. The molecule has 3 aromatic rings. The highest BCUT2D eigenvalue weighted by atomic mass is 127. The molecule has 0 N–H and O–H groups in total. The summed E-state index contributed by atoms with van der Waals surface area (Å²) in [4.78, 5) is 27.0. The molecule has 0 aliphatic carbocycles. The monoisotopic (exact) mass is 669 g/mol. The molecule has 3 aromatic carbocycles. The number of anilines is 1. The highest BCUT2D eigenvalue weighted by molar-refractivity contribution is 14.1. The van der Waals surface area contributed by atoms with E-state index < -0.39 is 0 Å². The topological polar surface area (TPSA) is 55.8 Å². The standard InChI is InChI=1S/C25H18BrClINO4S/c1-2-32-21-11-16(10-20(28)23(21)33-14-15-6-8-17(26)9-7-15)12-22-24(30)29(25(31)34-22)19-5-3-4-18(27)13-19/h3-13H,2,14H2,1H3/b22-12+. The van der Waals surface area contributed by atoms with Gasteiger partial charge in [-0.15, -0.1) is 0 Å². The van der Waals surface area contributed by atoms with Crippen LogP contribution < -0.4 is 14.4 Å². The maximum Gasteiger partial charge on any atom is 0.298 e. The Morgan fingerprint density at radius 1 is 1.09 bits per heavy atom. The van der Waals surface area contributed by atoms with Crippen molar-refractivity contribution >= 4 is 84.8 Å². The second-order valence-electron chi connectivity index (χ2n) is 7.18. The van der Waals surface area contributed by atoms with E-state index in [-0.39, 0.29) is 11.1 Å². The van der Waals surface area contributed by atoms with Crippen molar-refractivity contribution in [3.8, 4) is 11.5 Å². The van der Waals surface area contributed by atoms with Gasteiger partial charge in [-0.25, -0.2) is 4.90 Å². The van der Waals surface area contributed by atoms with Gasteiger partial charge in [0.1, 0.15) is 6.61 Å². The van der Waals surface area contributed by atoms with Gasteiger partial charge in [0.05, 0.1) is 20.8 Å². The Bertz CT molecular complexity index is 1280. The van der Waals surface area contributed by atoms with Crippen LogP contribution in [0.2, 0.25) is 5.02 Å². The van der Waals surface area contributed by atoms with Crippen LogP contribution in [0.25, 0.3) is 6.08 Å². The minimum atomic E-state index is -0.388. The predicted molar refractivity (Wildman–Crippen MR) is 149 cm³/mol. The van der Waals surface area contributed by atoms with Crippen molar-refractivity contribution in [2.45, 2.75) is 13.5 Å². The molecule has 1 aliphatic rings. The number of thioether (sulfide) groups is 1. The second kappa shape index (κ2) is 11.2. The highest BCUT2D eigenvalue weighted by Crippen LogP contribution is 2.39. The fourth-order valence-corrected chi connectivity index (χ4v) is 5.34. The Morgan fingerprint density at radius 3 is 2.56 bits per heavy atom. The Balaban J connectivity index is 1.60. The van der Waals surface area contributed by atoms with Crippen LogP contribution in [0, 0.1) is 3.57 Å². The van der Waals surface area contributed by atoms with Crippen LogP contribution in [-0.4, -0.2) is 17.8 Å². The Morgan fingerprint density at radius 2 is 1.85 bits per heavy atom. The molecule has 2 amide bonds. The van der Waals surface area contributed by atoms with Crippen LogP contribution in [0.3, 0.4) is 0 Å². The maximum absolute atomic E-state index is 13.0. The van der Waals surface area contributed by atoms with Crippen LogP contribution in [0.4, 0.5) is 10.5 Å². The number of rotatable bonds is 7. The number of halogens is 3. The van der Waals surface area contributed by atoms with Crippen molar-refractivity contribution in [2.24, 2.45) is 0 Å². The first-order valence-corrected chi connectivity index (χ1v) is 13.3. The minimum absolute atomic E-state index is 0.326. The lowest BCUT2D eigenvalue weighted by molar-refractivity contribution is -0.113. The zero-order valence-corrected chi connectivity index (χ0v) is 23.2. The summed E-state index contributed by atoms with van der Waals surface area (Å²) in [5.74, 6) is 0.821. The number of amides is 2. The van der Waals surface area contributed by atoms with Crippen molar-refractivity contribution in [3.63, 3.8) is 0 Å². The van der Waals surface area contributed by atoms with Crippen LogP contribution in [0.15, 0.2) is 70.0 Å². The first kappa shape index (κ1) is 25.1. The predicted octanol–water partition coefficient (Wildman–Crippen LogP) is 7.93. The minimum Gasteiger partial charge on any atom is -0.490 e. The number of carbonyl (C=O) groups excluding carboxylic acids is 2. The smallest absolute Gasteiger partial charge is 0.298 e. The molecule has 1 heterocycles. The van der Waals surface area contributed by atoms with Gasteiger partial charge in [-0.3, -0.25) is 9.59 Å². The molecule has 0 bridgehead atoms. The summed E-state index contributed by atoms with van der Waals surface area (Å²) in [6, 6.07) is 18.3. The van der Waals surface area contributed by atoms with Crippen LogP contribution in [0.5, 0.6) is 11.5 Å². The Hall–Kier alpha value is -2.01. The Labute approximate surface area is 228 Å². The van der Waals surface area contributed by atoms with Crippen molar-refractivity contribution in [2.75, 3.05) is 11.5 Å². The molecule has 5 nitrogen and oxygen atoms in total. The number of nitrogens with zero attached hydrogens (tertiary/aromatic N) is 1. The first-order valence-electron chi connectivity index (χ1n) is 10.2. The lowest BCUT2D eigenvalue weighted by Gasteiger charge is -2.15. The molecular formula is C25H18BrClINO4S. The van der Waals surface area contributed by atoms with Gasteiger partial charge in [0.15, 0.2) is 11.5 Å². The molecule has 34 heavy (non-hydrogen) atoms. The number of hydrogen-bond donors (Lipinski definition) is 0. The van der Waals surface area contributed by atoms with Crippen molar-refractivity contribution in [3.05, 3.63) is 89.8 Å². The van der Waals surface area contributed by atoms with E-state index in [1.807, 2.05) is 43.3 Å². The molecular weight excluding hydrogens is 653 g/mol. The molecule has 0 unspecified atom stereocenters.